The number of methoxy groups -OCH3 is 2. The maximum absolute atomic E-state index is 12.9. The smallest absolute Gasteiger partial charge is 0.268 e. The Morgan fingerprint density at radius 1 is 0.976 bits per heavy atom. The summed E-state index contributed by atoms with van der Waals surface area (Å²) in [5, 5.41) is 6.04. The molecule has 0 saturated heterocycles. The van der Waals surface area contributed by atoms with Crippen LogP contribution in [0.15, 0.2) is 66.7 Å². The lowest BCUT2D eigenvalue weighted by atomic mass is 9.88. The Hall–Kier alpha value is -4.55. The average Bonchev–Trinajstić information content (AvgIpc) is 2.97. The number of benzene rings is 3. The van der Waals surface area contributed by atoms with E-state index in [4.69, 9.17) is 14.5 Å². The van der Waals surface area contributed by atoms with Gasteiger partial charge in [0.25, 0.3) is 11.3 Å². The quantitative estimate of drug-likeness (QED) is 0.225. The molecule has 1 aliphatic rings. The molecule has 1 fully saturated rings. The van der Waals surface area contributed by atoms with Crippen molar-refractivity contribution in [3.05, 3.63) is 66.7 Å². The van der Waals surface area contributed by atoms with E-state index in [9.17, 15) is 18.4 Å². The van der Waals surface area contributed by atoms with Gasteiger partial charge >= 0.3 is 0 Å². The van der Waals surface area contributed by atoms with E-state index >= 15 is 0 Å². The monoisotopic (exact) mass is 575 g/mol. The average molecular weight is 576 g/mol. The summed E-state index contributed by atoms with van der Waals surface area (Å²) >= 11 is -2.57. The molecule has 4 aromatic rings. The van der Waals surface area contributed by atoms with Gasteiger partial charge in [0, 0.05) is 48.3 Å². The number of aromatic nitrogens is 2. The van der Waals surface area contributed by atoms with E-state index in [-0.39, 0.29) is 29.7 Å². The van der Waals surface area contributed by atoms with Crippen molar-refractivity contribution >= 4 is 62.7 Å². The highest BCUT2D eigenvalue weighted by Crippen LogP contribution is 2.36. The number of Topliss-reactive ketones (excluding diaryl/α,β-unsaturated/α-hetero) is 1. The van der Waals surface area contributed by atoms with E-state index < -0.39 is 17.2 Å². The number of amides is 1. The van der Waals surface area contributed by atoms with Crippen molar-refractivity contribution in [2.24, 2.45) is 5.92 Å². The molecular weight excluding hydrogens is 546 g/mol. The molecule has 1 saturated carbocycles. The molecule has 3 aromatic carbocycles. The molecule has 1 heterocycles. The molecule has 212 valence electrons. The zero-order valence-electron chi connectivity index (χ0n) is 22.5. The summed E-state index contributed by atoms with van der Waals surface area (Å²) in [7, 11) is 3.07. The van der Waals surface area contributed by atoms with Gasteiger partial charge in [-0.1, -0.05) is 18.2 Å². The third-order valence-corrected chi connectivity index (χ3v) is 7.41. The molecule has 1 aromatic heterocycles. The van der Waals surface area contributed by atoms with Crippen LogP contribution >= 0.6 is 0 Å². The highest BCUT2D eigenvalue weighted by atomic mass is 32.2. The topological polar surface area (TPSA) is 143 Å². The molecular formula is C29H29N5O6S. The van der Waals surface area contributed by atoms with Crippen molar-refractivity contribution in [2.45, 2.75) is 25.7 Å². The summed E-state index contributed by atoms with van der Waals surface area (Å²) < 4.78 is 35.2. The fourth-order valence-electron chi connectivity index (χ4n) is 4.72. The van der Waals surface area contributed by atoms with Crippen molar-refractivity contribution < 1.29 is 27.8 Å². The van der Waals surface area contributed by atoms with Crippen LogP contribution in [0.25, 0.3) is 11.0 Å². The first-order valence-electron chi connectivity index (χ1n) is 12.9. The van der Waals surface area contributed by atoms with Crippen molar-refractivity contribution in [1.29, 1.82) is 0 Å². The van der Waals surface area contributed by atoms with Gasteiger partial charge in [-0.25, -0.2) is 18.5 Å². The van der Waals surface area contributed by atoms with E-state index in [1.54, 1.807) is 60.7 Å². The number of hydrogen-bond donors (Lipinski definition) is 3. The second-order valence-electron chi connectivity index (χ2n) is 9.51. The Bertz CT molecular complexity index is 1610. The number of carbonyl (C=O) groups excluding carboxylic acids is 2. The molecule has 0 radical (unpaired) electrons. The molecule has 0 spiro atoms. The summed E-state index contributed by atoms with van der Waals surface area (Å²) in [4.78, 5) is 34.1. The number of nitrogens with zero attached hydrogens (tertiary/aromatic N) is 3. The van der Waals surface area contributed by atoms with E-state index in [0.717, 1.165) is 4.31 Å². The molecule has 41 heavy (non-hydrogen) atoms. The molecule has 1 aliphatic carbocycles. The summed E-state index contributed by atoms with van der Waals surface area (Å²) in [5.41, 5.74) is 2.35. The summed E-state index contributed by atoms with van der Waals surface area (Å²) in [5.74, 6) is 0.775. The summed E-state index contributed by atoms with van der Waals surface area (Å²) in [6.45, 7) is 0. The van der Waals surface area contributed by atoms with Gasteiger partial charge in [0.05, 0.1) is 30.9 Å². The number of ketones is 1. The maximum atomic E-state index is 12.9. The van der Waals surface area contributed by atoms with Gasteiger partial charge in [-0.15, -0.1) is 0 Å². The van der Waals surface area contributed by atoms with Crippen LogP contribution in [-0.2, 0) is 20.9 Å². The minimum Gasteiger partial charge on any atom is -0.497 e. The normalized spacial score (nSPS) is 15.7. The lowest BCUT2D eigenvalue weighted by molar-refractivity contribution is -0.128. The van der Waals surface area contributed by atoms with Gasteiger partial charge < -0.3 is 20.1 Å². The molecule has 5 rings (SSSR count). The molecule has 2 atom stereocenters. The number of hydrogen-bond acceptors (Lipinski definition) is 8. The standard InChI is InChI=1S/C29H29N5O6S/c1-39-23-15-20(16-24(17-23)40-2)30-27-28(33-26-12-4-3-11-25(26)32-27)34(41(37)38)21-9-6-8-19(14-21)31-29(36)18-7-5-10-22(35)13-18/h3-4,6,8-9,11-12,14-18H,5,7,10,13H2,1-2H3,(H,30,32)(H,31,36)(H,37,38). The van der Waals surface area contributed by atoms with Crippen molar-refractivity contribution in [2.75, 3.05) is 29.2 Å². The summed E-state index contributed by atoms with van der Waals surface area (Å²) in [6, 6.07) is 18.9. The minimum absolute atomic E-state index is 0.0765. The fraction of sp³-hybridized carbons (Fsp3) is 0.241. The molecule has 3 N–H and O–H groups in total. The van der Waals surface area contributed by atoms with Crippen molar-refractivity contribution in [3.8, 4) is 11.5 Å². The van der Waals surface area contributed by atoms with Crippen LogP contribution in [0.4, 0.5) is 28.7 Å². The molecule has 0 bridgehead atoms. The third-order valence-electron chi connectivity index (χ3n) is 6.72. The van der Waals surface area contributed by atoms with Gasteiger partial charge in [-0.05, 0) is 43.2 Å². The third kappa shape index (κ3) is 6.44. The first-order valence-corrected chi connectivity index (χ1v) is 14.0. The molecule has 11 nitrogen and oxygen atoms in total. The number of carbonyl (C=O) groups is 2. The molecule has 0 aliphatic heterocycles. The van der Waals surface area contributed by atoms with E-state index in [2.05, 4.69) is 15.6 Å². The lowest BCUT2D eigenvalue weighted by Crippen LogP contribution is -2.28. The van der Waals surface area contributed by atoms with Gasteiger partial charge in [-0.3, -0.25) is 14.1 Å². The largest absolute Gasteiger partial charge is 0.497 e. The highest BCUT2D eigenvalue weighted by molar-refractivity contribution is 7.81. The van der Waals surface area contributed by atoms with Gasteiger partial charge in [0.1, 0.15) is 17.3 Å². The molecule has 1 amide bonds. The predicted molar refractivity (Wildman–Crippen MR) is 157 cm³/mol. The van der Waals surface area contributed by atoms with Crippen LogP contribution in [-0.4, -0.2) is 44.6 Å². The maximum Gasteiger partial charge on any atom is 0.268 e. The van der Waals surface area contributed by atoms with E-state index in [0.29, 0.717) is 58.9 Å². The van der Waals surface area contributed by atoms with Gasteiger partial charge in [0.15, 0.2) is 11.6 Å². The van der Waals surface area contributed by atoms with Crippen LogP contribution in [0.5, 0.6) is 11.5 Å². The first-order chi connectivity index (χ1) is 19.8. The Morgan fingerprint density at radius 3 is 2.34 bits per heavy atom. The van der Waals surface area contributed by atoms with Gasteiger partial charge in [0.2, 0.25) is 5.91 Å². The molecule has 12 heteroatoms. The van der Waals surface area contributed by atoms with Crippen LogP contribution in [0, 0.1) is 5.92 Å². The molecule has 2 unspecified atom stereocenters. The number of ether oxygens (including phenoxy) is 2. The number of anilines is 5. The Balaban J connectivity index is 1.54. The zero-order valence-corrected chi connectivity index (χ0v) is 23.3. The lowest BCUT2D eigenvalue weighted by Gasteiger charge is -2.23. The van der Waals surface area contributed by atoms with Crippen molar-refractivity contribution in [3.63, 3.8) is 0 Å². The van der Waals surface area contributed by atoms with E-state index in [1.807, 2.05) is 6.07 Å². The SMILES string of the molecule is COc1cc(Nc2nc3ccccc3nc2N(c2cccc(NC(=O)C3CCCC(=O)C3)c2)S(=O)O)cc(OC)c1. The van der Waals surface area contributed by atoms with Crippen LogP contribution in [0.2, 0.25) is 0 Å². The Kier molecular flexibility index (Phi) is 8.41. The predicted octanol–water partition coefficient (Wildman–Crippen LogP) is 5.36. The first kappa shape index (κ1) is 28.0. The second kappa shape index (κ2) is 12.3. The Morgan fingerprint density at radius 2 is 1.68 bits per heavy atom. The van der Waals surface area contributed by atoms with Crippen LogP contribution in [0.1, 0.15) is 25.7 Å². The minimum atomic E-state index is -2.57. The summed E-state index contributed by atoms with van der Waals surface area (Å²) in [6.07, 6.45) is 2.04. The highest BCUT2D eigenvalue weighted by Gasteiger charge is 2.27. The number of para-hydroxylation sites is 2. The van der Waals surface area contributed by atoms with Crippen LogP contribution < -0.4 is 24.4 Å². The zero-order chi connectivity index (χ0) is 28.9. The number of rotatable bonds is 9. The van der Waals surface area contributed by atoms with Crippen molar-refractivity contribution in [1.82, 2.24) is 9.97 Å². The van der Waals surface area contributed by atoms with Crippen LogP contribution in [0.3, 0.4) is 0 Å². The Labute approximate surface area is 239 Å². The number of fused-ring (bicyclic) bond motifs is 1. The van der Waals surface area contributed by atoms with Gasteiger partial charge in [-0.2, -0.15) is 0 Å². The van der Waals surface area contributed by atoms with E-state index in [1.165, 1.54) is 14.2 Å². The second-order valence-corrected chi connectivity index (χ2v) is 10.3. The fourth-order valence-corrected chi connectivity index (χ4v) is 5.29. The number of nitrogens with one attached hydrogen (secondary N) is 2.